The van der Waals surface area contributed by atoms with Crippen LogP contribution in [0.3, 0.4) is 0 Å². The topological polar surface area (TPSA) is 81.0 Å². The summed E-state index contributed by atoms with van der Waals surface area (Å²) in [7, 11) is 1.84. The largest absolute Gasteiger partial charge is 0.287 e. The van der Waals surface area contributed by atoms with Gasteiger partial charge < -0.3 is 0 Å². The van der Waals surface area contributed by atoms with Crippen molar-refractivity contribution >= 4 is 34.4 Å². The highest BCUT2D eigenvalue weighted by Gasteiger charge is 2.34. The number of carbonyl (C=O) groups is 2. The second-order valence-electron chi connectivity index (χ2n) is 7.08. The molecule has 7 heteroatoms. The molecule has 3 heterocycles. The van der Waals surface area contributed by atoms with Gasteiger partial charge in [0.25, 0.3) is 0 Å². The maximum Gasteiger partial charge on any atom is 0.228 e. The predicted molar refractivity (Wildman–Crippen MR) is 114 cm³/mol. The first kappa shape index (κ1) is 17.9. The van der Waals surface area contributed by atoms with E-state index in [1.807, 2.05) is 37.5 Å². The van der Waals surface area contributed by atoms with Crippen LogP contribution in [0, 0.1) is 0 Å². The fourth-order valence-electron chi connectivity index (χ4n) is 3.74. The summed E-state index contributed by atoms with van der Waals surface area (Å²) in [5.41, 5.74) is 3.63. The van der Waals surface area contributed by atoms with Crippen LogP contribution in [-0.2, 0) is 11.8 Å². The van der Waals surface area contributed by atoms with Crippen molar-refractivity contribution in [3.8, 4) is 11.3 Å². The number of hydrogen-bond acceptors (Lipinski definition) is 5. The summed E-state index contributed by atoms with van der Waals surface area (Å²) in [6.07, 6.45) is 5.20. The normalized spacial score (nSPS) is 14.5. The minimum absolute atomic E-state index is 0.222. The van der Waals surface area contributed by atoms with Crippen molar-refractivity contribution < 1.29 is 9.59 Å². The summed E-state index contributed by atoms with van der Waals surface area (Å²) in [6.45, 7) is 1.44. The molecule has 0 saturated heterocycles. The van der Waals surface area contributed by atoms with E-state index >= 15 is 0 Å². The number of benzene rings is 2. The quantitative estimate of drug-likeness (QED) is 0.484. The van der Waals surface area contributed by atoms with Crippen molar-refractivity contribution in [3.63, 3.8) is 0 Å². The van der Waals surface area contributed by atoms with Gasteiger partial charge in [-0.25, -0.2) is 9.97 Å². The summed E-state index contributed by atoms with van der Waals surface area (Å²) in [6, 6.07) is 14.7. The molecule has 0 aliphatic carbocycles. The maximum absolute atomic E-state index is 13.0. The van der Waals surface area contributed by atoms with Crippen LogP contribution in [0.4, 0.5) is 5.69 Å². The van der Waals surface area contributed by atoms with E-state index in [4.69, 9.17) is 4.98 Å². The van der Waals surface area contributed by atoms with E-state index < -0.39 is 0 Å². The molecule has 0 saturated carbocycles. The fourth-order valence-corrected chi connectivity index (χ4v) is 3.74. The Kier molecular flexibility index (Phi) is 4.03. The lowest BCUT2D eigenvalue weighted by Crippen LogP contribution is -2.25. The van der Waals surface area contributed by atoms with Gasteiger partial charge in [0.15, 0.2) is 5.82 Å². The lowest BCUT2D eigenvalue weighted by atomic mass is 10.1. The van der Waals surface area contributed by atoms with Gasteiger partial charge >= 0.3 is 0 Å². The molecule has 0 N–H and O–H groups in total. The number of para-hydroxylation sites is 2. The Morgan fingerprint density at radius 1 is 1.03 bits per heavy atom. The van der Waals surface area contributed by atoms with Crippen LogP contribution in [0.15, 0.2) is 66.6 Å². The third-order valence-electron chi connectivity index (χ3n) is 5.04. The maximum atomic E-state index is 13.0. The molecule has 0 unspecified atom stereocenters. The zero-order valence-electron chi connectivity index (χ0n) is 16.4. The molecule has 0 atom stereocenters. The molecule has 0 bridgehead atoms. The van der Waals surface area contributed by atoms with Crippen LogP contribution in [0.2, 0.25) is 0 Å². The van der Waals surface area contributed by atoms with Gasteiger partial charge in [0.2, 0.25) is 11.7 Å². The first-order chi connectivity index (χ1) is 14.5. The molecule has 0 fully saturated rings. The Hall–Kier alpha value is -4.13. The van der Waals surface area contributed by atoms with Crippen LogP contribution >= 0.6 is 0 Å². The number of hydrogen-bond donors (Lipinski definition) is 0. The van der Waals surface area contributed by atoms with Crippen LogP contribution in [-0.4, -0.2) is 31.4 Å². The molecular formula is C23H17N5O2. The minimum atomic E-state index is -0.243. The smallest absolute Gasteiger partial charge is 0.228 e. The second kappa shape index (κ2) is 6.73. The molecule has 0 radical (unpaired) electrons. The van der Waals surface area contributed by atoms with E-state index in [1.165, 1.54) is 11.8 Å². The van der Waals surface area contributed by atoms with E-state index in [0.29, 0.717) is 17.1 Å². The zero-order chi connectivity index (χ0) is 20.8. The van der Waals surface area contributed by atoms with Gasteiger partial charge in [-0.05, 0) is 18.2 Å². The number of aromatic nitrogens is 4. The number of amides is 1. The third kappa shape index (κ3) is 2.79. The first-order valence-corrected chi connectivity index (χ1v) is 9.45. The molecule has 0 spiro atoms. The highest BCUT2D eigenvalue weighted by molar-refractivity contribution is 6.26. The van der Waals surface area contributed by atoms with E-state index in [9.17, 15) is 9.59 Å². The Bertz CT molecular complexity index is 1370. The Morgan fingerprint density at radius 2 is 1.80 bits per heavy atom. The Labute approximate surface area is 172 Å². The van der Waals surface area contributed by atoms with E-state index in [0.717, 1.165) is 22.2 Å². The molecule has 1 aliphatic heterocycles. The van der Waals surface area contributed by atoms with Crippen molar-refractivity contribution in [3.05, 3.63) is 78.0 Å². The lowest BCUT2D eigenvalue weighted by Gasteiger charge is -2.15. The average molecular weight is 395 g/mol. The molecule has 1 aliphatic rings. The molecular weight excluding hydrogens is 378 g/mol. The number of Topliss-reactive ketones (excluding diaryl/α,β-unsaturated/α-hetero) is 1. The number of fused-ring (bicyclic) bond motifs is 2. The summed E-state index contributed by atoms with van der Waals surface area (Å²) in [4.78, 5) is 36.1. The van der Waals surface area contributed by atoms with Crippen molar-refractivity contribution in [2.75, 3.05) is 4.90 Å². The highest BCUT2D eigenvalue weighted by atomic mass is 16.2. The monoisotopic (exact) mass is 395 g/mol. The van der Waals surface area contributed by atoms with Gasteiger partial charge in [-0.15, -0.1) is 0 Å². The van der Waals surface area contributed by atoms with Gasteiger partial charge in [-0.3, -0.25) is 19.2 Å². The summed E-state index contributed by atoms with van der Waals surface area (Å²) < 4.78 is 1.71. The average Bonchev–Trinajstić information content (AvgIpc) is 3.29. The molecule has 2 aromatic carbocycles. The summed E-state index contributed by atoms with van der Waals surface area (Å²) >= 11 is 0. The molecule has 4 aromatic rings. The van der Waals surface area contributed by atoms with Crippen molar-refractivity contribution in [2.45, 2.75) is 6.92 Å². The number of anilines is 1. The van der Waals surface area contributed by atoms with E-state index in [-0.39, 0.29) is 17.4 Å². The number of nitrogens with zero attached hydrogens (tertiary/aromatic N) is 5. The molecule has 1 amide bonds. The summed E-state index contributed by atoms with van der Waals surface area (Å²) in [5, 5.41) is 5.13. The number of aryl methyl sites for hydroxylation is 1. The van der Waals surface area contributed by atoms with Gasteiger partial charge in [-0.2, -0.15) is 5.10 Å². The Balaban J connectivity index is 1.71. The van der Waals surface area contributed by atoms with Crippen LogP contribution in [0.5, 0.6) is 0 Å². The number of ketones is 1. The highest BCUT2D eigenvalue weighted by Crippen LogP contribution is 2.35. The lowest BCUT2D eigenvalue weighted by molar-refractivity contribution is -0.116. The van der Waals surface area contributed by atoms with Gasteiger partial charge in [0.1, 0.15) is 5.70 Å². The summed E-state index contributed by atoms with van der Waals surface area (Å²) in [5.74, 6) is -0.108. The SMILES string of the molecule is CC(=O)N1/C(=C\c2nc(-c3cnn(C)c3)c3ccccc3n2)C(=O)c2ccccc21. The first-order valence-electron chi connectivity index (χ1n) is 9.45. The van der Waals surface area contributed by atoms with Crippen LogP contribution in [0.1, 0.15) is 23.1 Å². The van der Waals surface area contributed by atoms with Gasteiger partial charge in [0.05, 0.1) is 23.1 Å². The molecule has 5 rings (SSSR count). The standard InChI is InChI=1S/C23H17N5O2/c1-14(29)28-19-10-6-4-8-17(19)23(30)20(28)11-21-25-18-9-5-3-7-16(18)22(26-21)15-12-24-27(2)13-15/h3-13H,1-2H3/b20-11-. The third-order valence-corrected chi connectivity index (χ3v) is 5.04. The minimum Gasteiger partial charge on any atom is -0.287 e. The molecule has 146 valence electrons. The number of carbonyl (C=O) groups excluding carboxylic acids is 2. The van der Waals surface area contributed by atoms with Crippen molar-refractivity contribution in [2.24, 2.45) is 7.05 Å². The zero-order valence-corrected chi connectivity index (χ0v) is 16.4. The van der Waals surface area contributed by atoms with Crippen molar-refractivity contribution in [1.82, 2.24) is 19.7 Å². The van der Waals surface area contributed by atoms with Gasteiger partial charge in [-0.1, -0.05) is 30.3 Å². The molecule has 30 heavy (non-hydrogen) atoms. The van der Waals surface area contributed by atoms with E-state index in [2.05, 4.69) is 10.1 Å². The number of rotatable bonds is 2. The predicted octanol–water partition coefficient (Wildman–Crippen LogP) is 3.62. The molecule has 7 nitrogen and oxygen atoms in total. The number of allylic oxidation sites excluding steroid dienone is 1. The van der Waals surface area contributed by atoms with Crippen LogP contribution in [0.25, 0.3) is 28.2 Å². The second-order valence-corrected chi connectivity index (χ2v) is 7.08. The van der Waals surface area contributed by atoms with Gasteiger partial charge in [0, 0.05) is 42.8 Å². The van der Waals surface area contributed by atoms with Crippen molar-refractivity contribution in [1.29, 1.82) is 0 Å². The fraction of sp³-hybridized carbons (Fsp3) is 0.0870. The van der Waals surface area contributed by atoms with Crippen LogP contribution < -0.4 is 4.90 Å². The Morgan fingerprint density at radius 3 is 2.57 bits per heavy atom. The van der Waals surface area contributed by atoms with E-state index in [1.54, 1.807) is 41.2 Å². The molecule has 2 aromatic heterocycles.